The summed E-state index contributed by atoms with van der Waals surface area (Å²) in [5, 5.41) is 4.16. The third kappa shape index (κ3) is 5.68. The molecular formula is C16H29IN4S. The van der Waals surface area contributed by atoms with Gasteiger partial charge in [0.15, 0.2) is 5.96 Å². The molecule has 1 atom stereocenters. The minimum absolute atomic E-state index is 0. The first kappa shape index (κ1) is 19.7. The summed E-state index contributed by atoms with van der Waals surface area (Å²) in [4.78, 5) is 7.25. The molecule has 0 bridgehead atoms. The fourth-order valence-electron chi connectivity index (χ4n) is 2.52. The monoisotopic (exact) mass is 436 g/mol. The first-order chi connectivity index (χ1) is 10.1. The van der Waals surface area contributed by atoms with Crippen molar-refractivity contribution in [3.63, 3.8) is 0 Å². The molecule has 22 heavy (non-hydrogen) atoms. The molecule has 1 aliphatic rings. The molecule has 2 heterocycles. The van der Waals surface area contributed by atoms with Crippen molar-refractivity contribution in [1.29, 1.82) is 0 Å². The Morgan fingerprint density at radius 1 is 1.50 bits per heavy atom. The molecular weight excluding hydrogens is 407 g/mol. The Bertz CT molecular complexity index is 472. The maximum Gasteiger partial charge on any atom is 0.194 e. The van der Waals surface area contributed by atoms with Crippen LogP contribution in [0.2, 0.25) is 0 Å². The summed E-state index contributed by atoms with van der Waals surface area (Å²) in [6, 6.07) is 2.13. The lowest BCUT2D eigenvalue weighted by atomic mass is 10.1. The lowest BCUT2D eigenvalue weighted by Crippen LogP contribution is -2.49. The molecule has 1 N–H and O–H groups in total. The van der Waals surface area contributed by atoms with Gasteiger partial charge in [0.05, 0.1) is 6.54 Å². The number of hydrogen-bond acceptors (Lipinski definition) is 2. The van der Waals surface area contributed by atoms with E-state index in [1.807, 2.05) is 7.05 Å². The number of rotatable bonds is 4. The van der Waals surface area contributed by atoms with Crippen LogP contribution in [0, 0.1) is 5.92 Å². The van der Waals surface area contributed by atoms with Crippen LogP contribution < -0.4 is 5.32 Å². The Hall–Kier alpha value is -0.370. The van der Waals surface area contributed by atoms with Crippen molar-refractivity contribution < 1.29 is 0 Å². The number of nitrogens with zero attached hydrogens (tertiary/aromatic N) is 3. The van der Waals surface area contributed by atoms with Crippen molar-refractivity contribution in [3.8, 4) is 0 Å². The highest BCUT2D eigenvalue weighted by Gasteiger charge is 2.24. The number of halogens is 1. The standard InChI is InChI=1S/C16H28N4S.HI/c1-5-17-16(18-10-14-6-7-19(4)11-14)20-8-9-21-15(12-20)13(2)3;/h6-7,11,13,15H,5,8-10,12H2,1-4H3,(H,17,18);1H. The molecule has 0 radical (unpaired) electrons. The van der Waals surface area contributed by atoms with Gasteiger partial charge in [-0.05, 0) is 24.5 Å². The smallest absolute Gasteiger partial charge is 0.194 e. The molecule has 0 saturated carbocycles. The molecule has 4 nitrogen and oxygen atoms in total. The van der Waals surface area contributed by atoms with Crippen molar-refractivity contribution in [1.82, 2.24) is 14.8 Å². The number of hydrogen-bond donors (Lipinski definition) is 1. The average Bonchev–Trinajstić information content (AvgIpc) is 2.89. The van der Waals surface area contributed by atoms with Crippen molar-refractivity contribution in [3.05, 3.63) is 24.0 Å². The Kier molecular flexibility index (Phi) is 8.67. The fraction of sp³-hybridized carbons (Fsp3) is 0.688. The van der Waals surface area contributed by atoms with Gasteiger partial charge in [-0.1, -0.05) is 13.8 Å². The van der Waals surface area contributed by atoms with Crippen LogP contribution in [0.15, 0.2) is 23.5 Å². The number of nitrogens with one attached hydrogen (secondary N) is 1. The largest absolute Gasteiger partial charge is 0.357 e. The minimum Gasteiger partial charge on any atom is -0.357 e. The number of thioether (sulfide) groups is 1. The van der Waals surface area contributed by atoms with Gasteiger partial charge >= 0.3 is 0 Å². The quantitative estimate of drug-likeness (QED) is 0.447. The summed E-state index contributed by atoms with van der Waals surface area (Å²) >= 11 is 2.10. The zero-order valence-corrected chi connectivity index (χ0v) is 17.2. The van der Waals surface area contributed by atoms with Crippen LogP contribution in [0.25, 0.3) is 0 Å². The molecule has 1 fully saturated rings. The maximum absolute atomic E-state index is 4.82. The van der Waals surface area contributed by atoms with Crippen LogP contribution in [-0.2, 0) is 13.6 Å². The Balaban J connectivity index is 0.00000242. The van der Waals surface area contributed by atoms with E-state index in [4.69, 9.17) is 4.99 Å². The second-order valence-electron chi connectivity index (χ2n) is 5.95. The average molecular weight is 436 g/mol. The minimum atomic E-state index is 0. The van der Waals surface area contributed by atoms with Gasteiger partial charge in [0.25, 0.3) is 0 Å². The maximum atomic E-state index is 4.82. The molecule has 0 aromatic carbocycles. The van der Waals surface area contributed by atoms with E-state index < -0.39 is 0 Å². The second kappa shape index (κ2) is 9.70. The van der Waals surface area contributed by atoms with Gasteiger partial charge in [-0.2, -0.15) is 11.8 Å². The zero-order valence-electron chi connectivity index (χ0n) is 14.1. The lowest BCUT2D eigenvalue weighted by molar-refractivity contribution is 0.381. The molecule has 1 aliphatic heterocycles. The molecule has 6 heteroatoms. The molecule has 1 unspecified atom stereocenters. The summed E-state index contributed by atoms with van der Waals surface area (Å²) in [5.74, 6) is 2.97. The van der Waals surface area contributed by atoms with E-state index in [0.29, 0.717) is 5.25 Å². The van der Waals surface area contributed by atoms with E-state index in [1.165, 1.54) is 11.3 Å². The van der Waals surface area contributed by atoms with Gasteiger partial charge in [-0.3, -0.25) is 0 Å². The highest BCUT2D eigenvalue weighted by atomic mass is 127. The summed E-state index contributed by atoms with van der Waals surface area (Å²) < 4.78 is 2.07. The predicted molar refractivity (Wildman–Crippen MR) is 108 cm³/mol. The van der Waals surface area contributed by atoms with Crippen LogP contribution >= 0.6 is 35.7 Å². The van der Waals surface area contributed by atoms with Crippen molar-refractivity contribution in [2.45, 2.75) is 32.6 Å². The molecule has 0 amide bonds. The number of aromatic nitrogens is 1. The number of guanidine groups is 1. The van der Waals surface area contributed by atoms with Gasteiger partial charge in [0.2, 0.25) is 0 Å². The van der Waals surface area contributed by atoms with Crippen LogP contribution in [-0.4, -0.2) is 46.1 Å². The summed E-state index contributed by atoms with van der Waals surface area (Å²) in [7, 11) is 2.05. The zero-order chi connectivity index (χ0) is 15.2. The van der Waals surface area contributed by atoms with Gasteiger partial charge in [-0.15, -0.1) is 24.0 Å². The van der Waals surface area contributed by atoms with E-state index in [2.05, 4.69) is 65.8 Å². The van der Waals surface area contributed by atoms with E-state index in [-0.39, 0.29) is 24.0 Å². The lowest BCUT2D eigenvalue weighted by Gasteiger charge is -2.36. The highest BCUT2D eigenvalue weighted by Crippen LogP contribution is 2.24. The Labute approximate surface area is 156 Å². The Morgan fingerprint density at radius 3 is 2.86 bits per heavy atom. The van der Waals surface area contributed by atoms with Crippen LogP contribution in [0.3, 0.4) is 0 Å². The van der Waals surface area contributed by atoms with Crippen LogP contribution in [0.1, 0.15) is 26.3 Å². The van der Waals surface area contributed by atoms with Gasteiger partial charge in [0.1, 0.15) is 0 Å². The topological polar surface area (TPSA) is 32.6 Å². The number of aryl methyl sites for hydroxylation is 1. The van der Waals surface area contributed by atoms with Gasteiger partial charge in [0, 0.05) is 50.1 Å². The first-order valence-corrected chi connectivity index (χ1v) is 8.90. The summed E-state index contributed by atoms with van der Waals surface area (Å²) in [5.41, 5.74) is 1.26. The molecule has 0 aliphatic carbocycles. The van der Waals surface area contributed by atoms with E-state index in [0.717, 1.165) is 38.1 Å². The van der Waals surface area contributed by atoms with Crippen molar-refractivity contribution in [2.24, 2.45) is 18.0 Å². The molecule has 1 aromatic rings. The highest BCUT2D eigenvalue weighted by molar-refractivity contribution is 14.0. The van der Waals surface area contributed by atoms with E-state index in [1.54, 1.807) is 0 Å². The Morgan fingerprint density at radius 2 is 2.27 bits per heavy atom. The molecule has 1 saturated heterocycles. The van der Waals surface area contributed by atoms with Gasteiger partial charge in [-0.25, -0.2) is 4.99 Å². The predicted octanol–water partition coefficient (Wildman–Crippen LogP) is 3.18. The summed E-state index contributed by atoms with van der Waals surface area (Å²) in [6.07, 6.45) is 4.21. The second-order valence-corrected chi connectivity index (χ2v) is 7.30. The van der Waals surface area contributed by atoms with E-state index in [9.17, 15) is 0 Å². The normalized spacial score (nSPS) is 19.2. The van der Waals surface area contributed by atoms with E-state index >= 15 is 0 Å². The third-order valence-electron chi connectivity index (χ3n) is 3.78. The SMILES string of the molecule is CCNC(=NCc1ccn(C)c1)N1CCSC(C(C)C)C1.I. The fourth-order valence-corrected chi connectivity index (χ4v) is 3.82. The third-order valence-corrected chi connectivity index (χ3v) is 5.32. The number of aliphatic imine (C=N–C) groups is 1. The molecule has 1 aromatic heterocycles. The summed E-state index contributed by atoms with van der Waals surface area (Å²) in [6.45, 7) is 10.6. The van der Waals surface area contributed by atoms with Crippen molar-refractivity contribution in [2.75, 3.05) is 25.4 Å². The molecule has 2 rings (SSSR count). The first-order valence-electron chi connectivity index (χ1n) is 7.86. The van der Waals surface area contributed by atoms with Crippen LogP contribution in [0.5, 0.6) is 0 Å². The van der Waals surface area contributed by atoms with Crippen LogP contribution in [0.4, 0.5) is 0 Å². The molecule has 0 spiro atoms. The molecule has 126 valence electrons. The van der Waals surface area contributed by atoms with Crippen molar-refractivity contribution >= 4 is 41.7 Å². The van der Waals surface area contributed by atoms with Gasteiger partial charge < -0.3 is 14.8 Å².